The van der Waals surface area contributed by atoms with Crippen LogP contribution in [0, 0.1) is 0 Å². The first-order valence-electron chi connectivity index (χ1n) is 4.73. The number of rotatable bonds is 0. The maximum Gasteiger partial charge on any atom is 0.139 e. The molecule has 0 N–H and O–H groups in total. The first-order chi connectivity index (χ1) is 6.95. The van der Waals surface area contributed by atoms with Crippen LogP contribution in [0.2, 0.25) is 0 Å². The van der Waals surface area contributed by atoms with Crippen molar-refractivity contribution in [1.82, 2.24) is 4.57 Å². The van der Waals surface area contributed by atoms with E-state index in [-0.39, 0.29) is 0 Å². The van der Waals surface area contributed by atoms with Crippen LogP contribution in [0.25, 0.3) is 38.7 Å². The lowest BCUT2D eigenvalue weighted by Crippen LogP contribution is -1.66. The van der Waals surface area contributed by atoms with E-state index >= 15 is 0 Å². The normalized spacial score (nSPS) is 13.7. The van der Waals surface area contributed by atoms with Crippen LogP contribution in [0.5, 0.6) is 0 Å². The highest BCUT2D eigenvalue weighted by molar-refractivity contribution is 6.29. The number of para-hydroxylation sites is 1. The maximum atomic E-state index is 5.77. The van der Waals surface area contributed by atoms with Gasteiger partial charge in [-0.3, -0.25) is 0 Å². The SMILES string of the molecule is c1ccc2c(c1)oc1cc3c4c(c12)n3-4. The van der Waals surface area contributed by atoms with Crippen molar-refractivity contribution in [3.8, 4) is 5.69 Å². The Hall–Kier alpha value is -1.96. The van der Waals surface area contributed by atoms with Crippen molar-refractivity contribution in [2.75, 3.05) is 0 Å². The molecule has 0 unspecified atom stereocenters. The molecule has 0 saturated heterocycles. The van der Waals surface area contributed by atoms with Gasteiger partial charge in [0.25, 0.3) is 0 Å². The number of pyridine rings is 1. The molecule has 0 radical (unpaired) electrons. The van der Waals surface area contributed by atoms with E-state index in [0.717, 1.165) is 11.2 Å². The fraction of sp³-hybridized carbons (Fsp3) is 0. The summed E-state index contributed by atoms with van der Waals surface area (Å²) in [6, 6.07) is 10.4. The number of furan rings is 1. The summed E-state index contributed by atoms with van der Waals surface area (Å²) < 4.78 is 8.05. The second-order valence-electron chi connectivity index (χ2n) is 3.90. The number of hydrogen-bond donors (Lipinski definition) is 0. The van der Waals surface area contributed by atoms with Crippen LogP contribution in [0.3, 0.4) is 0 Å². The van der Waals surface area contributed by atoms with Crippen LogP contribution >= 0.6 is 0 Å². The number of hydrogen-bond acceptors (Lipinski definition) is 1. The van der Waals surface area contributed by atoms with Gasteiger partial charge in [0.05, 0.1) is 22.1 Å². The molecule has 2 bridgehead atoms. The summed E-state index contributed by atoms with van der Waals surface area (Å²) in [6.07, 6.45) is 0. The van der Waals surface area contributed by atoms with Gasteiger partial charge in [-0.1, -0.05) is 18.2 Å². The standard InChI is InChI=1S/C12H5NO/c1-2-4-8-6(3-1)10-9(14-8)5-7-11-12(10)13(7)11/h1-5H. The minimum Gasteiger partial charge on any atom is -0.456 e. The van der Waals surface area contributed by atoms with Crippen molar-refractivity contribution >= 4 is 33.0 Å². The first kappa shape index (κ1) is 5.70. The topological polar surface area (TPSA) is 18.1 Å². The summed E-state index contributed by atoms with van der Waals surface area (Å²) in [6.45, 7) is 0. The van der Waals surface area contributed by atoms with Gasteiger partial charge < -0.3 is 8.98 Å². The Balaban J connectivity index is 2.26. The Morgan fingerprint density at radius 2 is 1.93 bits per heavy atom. The van der Waals surface area contributed by atoms with E-state index < -0.39 is 0 Å². The summed E-state index contributed by atoms with van der Waals surface area (Å²) in [5.74, 6) is 0. The van der Waals surface area contributed by atoms with Gasteiger partial charge in [-0.25, -0.2) is 0 Å². The predicted octanol–water partition coefficient (Wildman–Crippen LogP) is 3.28. The molecular formula is C12H5NO. The van der Waals surface area contributed by atoms with Crippen LogP contribution < -0.4 is 0 Å². The molecule has 2 heteroatoms. The van der Waals surface area contributed by atoms with Gasteiger partial charge >= 0.3 is 0 Å². The van der Waals surface area contributed by atoms with E-state index in [4.69, 9.17) is 4.42 Å². The molecule has 6 rings (SSSR count). The zero-order valence-electron chi connectivity index (χ0n) is 7.24. The maximum absolute atomic E-state index is 5.77. The quantitative estimate of drug-likeness (QED) is 0.356. The lowest BCUT2D eigenvalue weighted by molar-refractivity contribution is 0.669. The van der Waals surface area contributed by atoms with Gasteiger partial charge in [0.2, 0.25) is 0 Å². The molecule has 0 spiro atoms. The molecule has 0 saturated carbocycles. The third-order valence-electron chi connectivity index (χ3n) is 3.18. The zero-order valence-corrected chi connectivity index (χ0v) is 7.24. The zero-order chi connectivity index (χ0) is 8.86. The summed E-state index contributed by atoms with van der Waals surface area (Å²) in [7, 11) is 0. The third kappa shape index (κ3) is 0.404. The number of nitrogens with zero attached hydrogens (tertiary/aromatic N) is 1. The van der Waals surface area contributed by atoms with E-state index in [1.807, 2.05) is 12.1 Å². The number of aromatic nitrogens is 1. The van der Waals surface area contributed by atoms with Crippen molar-refractivity contribution in [3.63, 3.8) is 0 Å². The van der Waals surface area contributed by atoms with Gasteiger partial charge in [0.1, 0.15) is 11.2 Å². The Morgan fingerprint density at radius 1 is 1.07 bits per heavy atom. The predicted molar refractivity (Wildman–Crippen MR) is 55.3 cm³/mol. The second kappa shape index (κ2) is 1.42. The Bertz CT molecular complexity index is 798. The highest BCUT2D eigenvalue weighted by atomic mass is 16.3. The number of fused-ring (bicyclic) bond motifs is 1. The summed E-state index contributed by atoms with van der Waals surface area (Å²) in [5.41, 5.74) is 6.21. The molecule has 0 aliphatic carbocycles. The monoisotopic (exact) mass is 179 g/mol. The smallest absolute Gasteiger partial charge is 0.139 e. The third-order valence-corrected chi connectivity index (χ3v) is 3.18. The fourth-order valence-corrected chi connectivity index (χ4v) is 2.43. The molecule has 0 amide bonds. The largest absolute Gasteiger partial charge is 0.456 e. The molecular weight excluding hydrogens is 174 g/mol. The van der Waals surface area contributed by atoms with E-state index in [0.29, 0.717) is 0 Å². The number of benzene rings is 2. The molecule has 14 heavy (non-hydrogen) atoms. The van der Waals surface area contributed by atoms with E-state index in [2.05, 4.69) is 22.8 Å². The summed E-state index contributed by atoms with van der Waals surface area (Å²) in [5, 5.41) is 2.54. The molecule has 2 aliphatic heterocycles. The lowest BCUT2D eigenvalue weighted by Gasteiger charge is -1.86. The first-order valence-corrected chi connectivity index (χ1v) is 4.73. The molecule has 2 aromatic heterocycles. The molecule has 0 atom stereocenters. The molecule has 0 fully saturated rings. The molecule has 2 aromatic carbocycles. The van der Waals surface area contributed by atoms with E-state index in [9.17, 15) is 0 Å². The minimum atomic E-state index is 0.996. The average molecular weight is 179 g/mol. The van der Waals surface area contributed by atoms with Gasteiger partial charge in [-0.15, -0.1) is 0 Å². The minimum absolute atomic E-state index is 0.996. The van der Waals surface area contributed by atoms with Crippen LogP contribution in [-0.2, 0) is 0 Å². The molecule has 2 aliphatic rings. The van der Waals surface area contributed by atoms with Gasteiger partial charge in [0, 0.05) is 11.5 Å². The Kier molecular flexibility index (Phi) is 0.577. The Morgan fingerprint density at radius 3 is 2.86 bits per heavy atom. The highest BCUT2D eigenvalue weighted by Crippen LogP contribution is 2.55. The molecule has 2 nitrogen and oxygen atoms in total. The highest BCUT2D eigenvalue weighted by Gasteiger charge is 2.38. The van der Waals surface area contributed by atoms with Crippen molar-refractivity contribution in [2.24, 2.45) is 0 Å². The van der Waals surface area contributed by atoms with Crippen LogP contribution in [0.1, 0.15) is 0 Å². The fourth-order valence-electron chi connectivity index (χ4n) is 2.43. The molecule has 64 valence electrons. The summed E-state index contributed by atoms with van der Waals surface area (Å²) >= 11 is 0. The Labute approximate surface area is 78.7 Å². The molecule has 4 heterocycles. The lowest BCUT2D eigenvalue weighted by atomic mass is 10.1. The van der Waals surface area contributed by atoms with Gasteiger partial charge in [-0.2, -0.15) is 0 Å². The van der Waals surface area contributed by atoms with Gasteiger partial charge in [-0.05, 0) is 6.07 Å². The van der Waals surface area contributed by atoms with Gasteiger partial charge in [0.15, 0.2) is 0 Å². The van der Waals surface area contributed by atoms with E-state index in [1.165, 1.54) is 27.5 Å². The van der Waals surface area contributed by atoms with Crippen molar-refractivity contribution < 1.29 is 4.42 Å². The van der Waals surface area contributed by atoms with Crippen molar-refractivity contribution in [2.45, 2.75) is 0 Å². The van der Waals surface area contributed by atoms with Crippen LogP contribution in [-0.4, -0.2) is 4.57 Å². The summed E-state index contributed by atoms with van der Waals surface area (Å²) in [4.78, 5) is 0. The van der Waals surface area contributed by atoms with Crippen molar-refractivity contribution in [3.05, 3.63) is 30.3 Å². The second-order valence-corrected chi connectivity index (χ2v) is 3.90. The van der Waals surface area contributed by atoms with Crippen LogP contribution in [0.4, 0.5) is 0 Å². The molecule has 4 aromatic rings. The average Bonchev–Trinajstić information content (AvgIpc) is 3.09. The van der Waals surface area contributed by atoms with E-state index in [1.54, 1.807) is 0 Å². The van der Waals surface area contributed by atoms with Crippen LogP contribution in [0.15, 0.2) is 34.7 Å². The van der Waals surface area contributed by atoms with Crippen molar-refractivity contribution in [1.29, 1.82) is 0 Å².